The van der Waals surface area contributed by atoms with Gasteiger partial charge in [-0.05, 0) is 37.8 Å². The van der Waals surface area contributed by atoms with Gasteiger partial charge in [-0.25, -0.2) is 0 Å². The van der Waals surface area contributed by atoms with E-state index < -0.39 is 0 Å². The number of hydrogen-bond acceptors (Lipinski definition) is 3. The summed E-state index contributed by atoms with van der Waals surface area (Å²) in [6.45, 7) is 0. The summed E-state index contributed by atoms with van der Waals surface area (Å²) in [4.78, 5) is 24.5. The Balaban J connectivity index is 1.67. The number of carbonyl (C=O) groups is 2. The maximum atomic E-state index is 12.4. The van der Waals surface area contributed by atoms with E-state index in [1.54, 1.807) is 7.11 Å². The molecule has 0 aliphatic heterocycles. The molecule has 0 radical (unpaired) electrons. The second-order valence-corrected chi connectivity index (χ2v) is 6.12. The minimum Gasteiger partial charge on any atom is -0.497 e. The fourth-order valence-corrected chi connectivity index (χ4v) is 3.64. The molecule has 0 spiro atoms. The van der Waals surface area contributed by atoms with E-state index in [0.29, 0.717) is 18.6 Å². The van der Waals surface area contributed by atoms with Crippen molar-refractivity contribution in [3.05, 3.63) is 24.3 Å². The van der Waals surface area contributed by atoms with E-state index >= 15 is 0 Å². The second kappa shape index (κ2) is 5.88. The zero-order chi connectivity index (χ0) is 14.8. The van der Waals surface area contributed by atoms with Crippen LogP contribution in [0.4, 0.5) is 5.69 Å². The maximum Gasteiger partial charge on any atom is 0.227 e. The Morgan fingerprint density at radius 3 is 2.62 bits per heavy atom. The highest BCUT2D eigenvalue weighted by Gasteiger charge is 2.41. The largest absolute Gasteiger partial charge is 0.497 e. The Labute approximate surface area is 124 Å². The monoisotopic (exact) mass is 287 g/mol. The van der Waals surface area contributed by atoms with Crippen LogP contribution in [-0.2, 0) is 9.59 Å². The minimum atomic E-state index is -0.0378. The molecule has 2 saturated carbocycles. The van der Waals surface area contributed by atoms with E-state index in [4.69, 9.17) is 4.74 Å². The predicted octanol–water partition coefficient (Wildman–Crippen LogP) is 3.03. The van der Waals surface area contributed by atoms with Crippen molar-refractivity contribution in [3.8, 4) is 5.75 Å². The lowest BCUT2D eigenvalue weighted by molar-refractivity contribution is -0.136. The molecule has 21 heavy (non-hydrogen) atoms. The van der Waals surface area contributed by atoms with Crippen molar-refractivity contribution in [1.82, 2.24) is 0 Å². The summed E-state index contributed by atoms with van der Waals surface area (Å²) in [6, 6.07) is 7.37. The van der Waals surface area contributed by atoms with Crippen molar-refractivity contribution >= 4 is 17.4 Å². The van der Waals surface area contributed by atoms with Crippen molar-refractivity contribution in [2.45, 2.75) is 32.1 Å². The summed E-state index contributed by atoms with van der Waals surface area (Å²) in [5.74, 6) is 1.34. The molecule has 3 rings (SSSR count). The molecule has 0 heterocycles. The number of amides is 1. The van der Waals surface area contributed by atoms with E-state index in [1.807, 2.05) is 24.3 Å². The number of methoxy groups -OCH3 is 1. The Bertz CT molecular complexity index is 539. The highest BCUT2D eigenvalue weighted by atomic mass is 16.5. The molecule has 112 valence electrons. The molecule has 1 amide bonds. The second-order valence-electron chi connectivity index (χ2n) is 6.12. The highest BCUT2D eigenvalue weighted by Crippen LogP contribution is 2.40. The van der Waals surface area contributed by atoms with E-state index in [1.165, 1.54) is 0 Å². The normalized spacial score (nSPS) is 28.0. The van der Waals surface area contributed by atoms with Crippen LogP contribution in [0.3, 0.4) is 0 Å². The molecular weight excluding hydrogens is 266 g/mol. The van der Waals surface area contributed by atoms with Crippen molar-refractivity contribution in [3.63, 3.8) is 0 Å². The summed E-state index contributed by atoms with van der Waals surface area (Å²) >= 11 is 0. The number of benzene rings is 1. The highest BCUT2D eigenvalue weighted by molar-refractivity contribution is 5.95. The fraction of sp³-hybridized carbons (Fsp3) is 0.529. The van der Waals surface area contributed by atoms with Gasteiger partial charge in [0.1, 0.15) is 11.5 Å². The van der Waals surface area contributed by atoms with Gasteiger partial charge in [0.05, 0.1) is 7.11 Å². The van der Waals surface area contributed by atoms with Gasteiger partial charge in [-0.1, -0.05) is 12.5 Å². The topological polar surface area (TPSA) is 55.4 Å². The SMILES string of the molecule is COc1cccc(NC(=O)C2C[C@H]3CCC[C@@H](C2)C3=O)c1. The van der Waals surface area contributed by atoms with Crippen LogP contribution in [0.5, 0.6) is 5.75 Å². The van der Waals surface area contributed by atoms with Gasteiger partial charge in [-0.3, -0.25) is 9.59 Å². The predicted molar refractivity (Wildman–Crippen MR) is 80.2 cm³/mol. The number of ether oxygens (including phenoxy) is 1. The maximum absolute atomic E-state index is 12.4. The number of Topliss-reactive ketones (excluding diaryl/α,β-unsaturated/α-hetero) is 1. The van der Waals surface area contributed by atoms with Gasteiger partial charge >= 0.3 is 0 Å². The molecule has 2 aliphatic carbocycles. The third kappa shape index (κ3) is 2.94. The third-order valence-electron chi connectivity index (χ3n) is 4.76. The summed E-state index contributed by atoms with van der Waals surface area (Å²) in [5, 5.41) is 2.96. The molecule has 4 heteroatoms. The molecule has 2 aliphatic rings. The average Bonchev–Trinajstić information content (AvgIpc) is 2.47. The van der Waals surface area contributed by atoms with E-state index in [2.05, 4.69) is 5.32 Å². The fourth-order valence-electron chi connectivity index (χ4n) is 3.64. The molecule has 3 atom stereocenters. The van der Waals surface area contributed by atoms with Crippen molar-refractivity contribution in [2.75, 3.05) is 12.4 Å². The van der Waals surface area contributed by atoms with Gasteiger partial charge < -0.3 is 10.1 Å². The molecule has 1 N–H and O–H groups in total. The Hall–Kier alpha value is -1.84. The van der Waals surface area contributed by atoms with Gasteiger partial charge in [0.15, 0.2) is 0 Å². The first-order valence-corrected chi connectivity index (χ1v) is 7.66. The van der Waals surface area contributed by atoms with Crippen LogP contribution in [0.25, 0.3) is 0 Å². The van der Waals surface area contributed by atoms with Gasteiger partial charge in [0, 0.05) is 29.5 Å². The zero-order valence-corrected chi connectivity index (χ0v) is 12.3. The van der Waals surface area contributed by atoms with Crippen LogP contribution in [-0.4, -0.2) is 18.8 Å². The number of ketones is 1. The van der Waals surface area contributed by atoms with Crippen molar-refractivity contribution in [2.24, 2.45) is 17.8 Å². The molecule has 1 aromatic rings. The third-order valence-corrected chi connectivity index (χ3v) is 4.76. The summed E-state index contributed by atoms with van der Waals surface area (Å²) in [6.07, 6.45) is 4.47. The Morgan fingerprint density at radius 1 is 1.24 bits per heavy atom. The quantitative estimate of drug-likeness (QED) is 0.929. The number of fused-ring (bicyclic) bond motifs is 2. The van der Waals surface area contributed by atoms with Gasteiger partial charge in [-0.15, -0.1) is 0 Å². The lowest BCUT2D eigenvalue weighted by Crippen LogP contribution is -2.40. The molecule has 2 bridgehead atoms. The van der Waals surface area contributed by atoms with E-state index in [-0.39, 0.29) is 23.7 Å². The van der Waals surface area contributed by atoms with Crippen LogP contribution >= 0.6 is 0 Å². The van der Waals surface area contributed by atoms with Crippen LogP contribution in [0, 0.1) is 17.8 Å². The lowest BCUT2D eigenvalue weighted by atomic mass is 9.67. The molecule has 0 saturated heterocycles. The van der Waals surface area contributed by atoms with Gasteiger partial charge in [0.25, 0.3) is 0 Å². The van der Waals surface area contributed by atoms with Crippen LogP contribution < -0.4 is 10.1 Å². The number of nitrogens with one attached hydrogen (secondary N) is 1. The number of carbonyl (C=O) groups excluding carboxylic acids is 2. The first-order chi connectivity index (χ1) is 10.2. The van der Waals surface area contributed by atoms with Crippen LogP contribution in [0.1, 0.15) is 32.1 Å². The summed E-state index contributed by atoms with van der Waals surface area (Å²) in [5.41, 5.74) is 0.751. The molecular formula is C17H21NO3. The first-order valence-electron chi connectivity index (χ1n) is 7.66. The van der Waals surface area contributed by atoms with Crippen molar-refractivity contribution < 1.29 is 14.3 Å². The Kier molecular flexibility index (Phi) is 3.95. The molecule has 1 unspecified atom stereocenters. The molecule has 1 aromatic carbocycles. The number of anilines is 1. The Morgan fingerprint density at radius 2 is 1.95 bits per heavy atom. The minimum absolute atomic E-state index is 0.0349. The van der Waals surface area contributed by atoms with Gasteiger partial charge in [0.2, 0.25) is 5.91 Å². The lowest BCUT2D eigenvalue weighted by Gasteiger charge is -2.36. The number of hydrogen-bond donors (Lipinski definition) is 1. The van der Waals surface area contributed by atoms with Crippen LogP contribution in [0.15, 0.2) is 24.3 Å². The zero-order valence-electron chi connectivity index (χ0n) is 12.3. The smallest absolute Gasteiger partial charge is 0.227 e. The van der Waals surface area contributed by atoms with E-state index in [9.17, 15) is 9.59 Å². The molecule has 4 nitrogen and oxygen atoms in total. The van der Waals surface area contributed by atoms with Crippen LogP contribution in [0.2, 0.25) is 0 Å². The summed E-state index contributed by atoms with van der Waals surface area (Å²) in [7, 11) is 1.61. The standard InChI is InChI=1S/C17H21NO3/c1-21-15-7-3-6-14(10-15)18-17(20)13-8-11-4-2-5-12(9-13)16(11)19/h3,6-7,10-13H,2,4-5,8-9H2,1H3,(H,18,20)/t11-,12+,13?. The number of rotatable bonds is 3. The molecule has 2 fully saturated rings. The summed E-state index contributed by atoms with van der Waals surface area (Å²) < 4.78 is 5.16. The average molecular weight is 287 g/mol. The van der Waals surface area contributed by atoms with E-state index in [0.717, 1.165) is 30.7 Å². The first kappa shape index (κ1) is 14.1. The molecule has 0 aromatic heterocycles. The van der Waals surface area contributed by atoms with Gasteiger partial charge in [-0.2, -0.15) is 0 Å². The van der Waals surface area contributed by atoms with Crippen molar-refractivity contribution in [1.29, 1.82) is 0 Å².